The Balaban J connectivity index is 2.68. The zero-order chi connectivity index (χ0) is 4.41. The van der Waals surface area contributed by atoms with E-state index in [2.05, 4.69) is 9.58 Å². The molecule has 30 valence electrons. The number of rotatable bonds is 0. The highest BCUT2D eigenvalue weighted by Gasteiger charge is 2.18. The normalized spacial score (nSPS) is 15.7. The molecule has 6 heavy (non-hydrogen) atoms. The van der Waals surface area contributed by atoms with Crippen molar-refractivity contribution in [3.8, 4) is 6.26 Å². The van der Waals surface area contributed by atoms with Crippen molar-refractivity contribution in [1.82, 2.24) is 0 Å². The largest absolute Gasteiger partial charge is 0.558 e. The molecular formula is C3H2NO2+. The molecule has 0 aromatic heterocycles. The van der Waals surface area contributed by atoms with E-state index < -0.39 is 0 Å². The Bertz CT molecular complexity index is 129. The van der Waals surface area contributed by atoms with E-state index in [9.17, 15) is 4.79 Å². The fourth-order valence-corrected chi connectivity index (χ4v) is 0.209. The summed E-state index contributed by atoms with van der Waals surface area (Å²) in [6.45, 7) is 0.0694. The van der Waals surface area contributed by atoms with Crippen LogP contribution in [0.15, 0.2) is 0 Å². The number of amides is 1. The Labute approximate surface area is 34.3 Å². The van der Waals surface area contributed by atoms with E-state index in [0.29, 0.717) is 0 Å². The van der Waals surface area contributed by atoms with Crippen LogP contribution in [0, 0.1) is 6.26 Å². The predicted octanol–water partition coefficient (Wildman–Crippen LogP) is -0.166. The van der Waals surface area contributed by atoms with E-state index in [1.165, 1.54) is 0 Å². The molecule has 0 aliphatic carbocycles. The zero-order valence-corrected chi connectivity index (χ0v) is 2.97. The lowest BCUT2D eigenvalue weighted by Gasteiger charge is -1.62. The molecule has 3 heteroatoms. The van der Waals surface area contributed by atoms with Gasteiger partial charge in [-0.25, -0.2) is 0 Å². The molecule has 0 atom stereocenters. The van der Waals surface area contributed by atoms with Gasteiger partial charge in [-0.05, 0) is 0 Å². The lowest BCUT2D eigenvalue weighted by Crippen LogP contribution is -1.91. The van der Waals surface area contributed by atoms with E-state index in [0.717, 1.165) is 0 Å². The average molecular weight is 84.1 g/mol. The molecule has 0 spiro atoms. The Morgan fingerprint density at radius 2 is 2.83 bits per heavy atom. The van der Waals surface area contributed by atoms with Crippen LogP contribution in [0.5, 0.6) is 0 Å². The second kappa shape index (κ2) is 0.977. The average Bonchev–Trinajstić information content (AvgIpc) is 1.86. The summed E-state index contributed by atoms with van der Waals surface area (Å²) < 4.78 is 4.29. The molecule has 1 aliphatic heterocycles. The van der Waals surface area contributed by atoms with Crippen LogP contribution in [-0.4, -0.2) is 12.5 Å². The topological polar surface area (TPSA) is 30.7 Å². The molecule has 0 fully saturated rings. The maximum Gasteiger partial charge on any atom is 0.558 e. The lowest BCUT2D eigenvalue weighted by atomic mass is 10.7. The summed E-state index contributed by atoms with van der Waals surface area (Å²) in [6.07, 6.45) is 2.05. The second-order valence-electron chi connectivity index (χ2n) is 0.886. The number of hydrogen-bond acceptors (Lipinski definition) is 2. The molecule has 0 bridgehead atoms. The first-order valence-corrected chi connectivity index (χ1v) is 1.50. The molecule has 1 heterocycles. The van der Waals surface area contributed by atoms with E-state index in [4.69, 9.17) is 0 Å². The van der Waals surface area contributed by atoms with Gasteiger partial charge < -0.3 is 4.74 Å². The van der Waals surface area contributed by atoms with Gasteiger partial charge in [-0.1, -0.05) is 0 Å². The number of carbonyl (C=O) groups is 1. The third-order valence-electron chi connectivity index (χ3n) is 0.431. The fourth-order valence-electron chi connectivity index (χ4n) is 0.209. The summed E-state index contributed by atoms with van der Waals surface area (Å²) in [5.41, 5.74) is 0. The number of ether oxygens (including phenoxy) is 1. The second-order valence-corrected chi connectivity index (χ2v) is 0.886. The minimum absolute atomic E-state index is 0.0694. The summed E-state index contributed by atoms with van der Waals surface area (Å²) in [7, 11) is 0. The molecule has 0 aromatic carbocycles. The Kier molecular flexibility index (Phi) is 0.515. The molecule has 1 aliphatic rings. The van der Waals surface area contributed by atoms with Crippen molar-refractivity contribution >= 4 is 5.91 Å². The molecule has 1 rings (SSSR count). The van der Waals surface area contributed by atoms with Crippen molar-refractivity contribution in [2.45, 2.75) is 0 Å². The first kappa shape index (κ1) is 3.16. The molecule has 0 unspecified atom stereocenters. The van der Waals surface area contributed by atoms with Crippen LogP contribution in [0.25, 0.3) is 4.85 Å². The van der Waals surface area contributed by atoms with Crippen LogP contribution in [0.1, 0.15) is 0 Å². The zero-order valence-electron chi connectivity index (χ0n) is 2.97. The maximum absolute atomic E-state index is 9.89. The SMILES string of the molecule is O=C1COC#[N+]1. The summed E-state index contributed by atoms with van der Waals surface area (Å²) in [4.78, 5) is 13.0. The Hall–Kier alpha value is -1.04. The minimum Gasteiger partial charge on any atom is -0.375 e. The molecule has 0 N–H and O–H groups in total. The number of hydrogen-bond donors (Lipinski definition) is 0. The van der Waals surface area contributed by atoms with E-state index in [-0.39, 0.29) is 12.5 Å². The summed E-state index contributed by atoms with van der Waals surface area (Å²) in [6, 6.07) is 0. The first-order valence-electron chi connectivity index (χ1n) is 1.50. The van der Waals surface area contributed by atoms with Gasteiger partial charge in [0.2, 0.25) is 0 Å². The van der Waals surface area contributed by atoms with Crippen molar-refractivity contribution < 1.29 is 9.53 Å². The molecule has 1 amide bonds. The first-order chi connectivity index (χ1) is 2.89. The van der Waals surface area contributed by atoms with Crippen LogP contribution in [0.4, 0.5) is 0 Å². The van der Waals surface area contributed by atoms with Crippen molar-refractivity contribution in [3.63, 3.8) is 0 Å². The number of carbonyl (C=O) groups excluding carboxylic acids is 1. The van der Waals surface area contributed by atoms with E-state index >= 15 is 0 Å². The standard InChI is InChI=1S/C3H2NO2/c5-3-1-6-2-4-3/h1H2/q+1. The molecule has 0 aromatic rings. The third kappa shape index (κ3) is 0.320. The van der Waals surface area contributed by atoms with Crippen molar-refractivity contribution in [3.05, 3.63) is 4.85 Å². The highest BCUT2D eigenvalue weighted by Crippen LogP contribution is 1.84. The predicted molar refractivity (Wildman–Crippen MR) is 18.2 cm³/mol. The summed E-state index contributed by atoms with van der Waals surface area (Å²) in [5.74, 6) is -0.255. The van der Waals surface area contributed by atoms with Crippen LogP contribution in [0.2, 0.25) is 0 Å². The Morgan fingerprint density at radius 1 is 2.00 bits per heavy atom. The van der Waals surface area contributed by atoms with Crippen molar-refractivity contribution in [2.75, 3.05) is 6.61 Å². The van der Waals surface area contributed by atoms with Gasteiger partial charge in [0.1, 0.15) is 0 Å². The van der Waals surface area contributed by atoms with Crippen LogP contribution >= 0.6 is 0 Å². The third-order valence-corrected chi connectivity index (χ3v) is 0.431. The van der Waals surface area contributed by atoms with Gasteiger partial charge in [-0.15, -0.1) is 0 Å². The van der Waals surface area contributed by atoms with Gasteiger partial charge in [0.05, 0.1) is 4.85 Å². The van der Waals surface area contributed by atoms with Gasteiger partial charge in [0.25, 0.3) is 6.61 Å². The van der Waals surface area contributed by atoms with Crippen LogP contribution < -0.4 is 0 Å². The highest BCUT2D eigenvalue weighted by atomic mass is 16.5. The summed E-state index contributed by atoms with van der Waals surface area (Å²) in [5, 5.41) is 0. The highest BCUT2D eigenvalue weighted by molar-refractivity contribution is 5.89. The van der Waals surface area contributed by atoms with Gasteiger partial charge in [0, 0.05) is 0 Å². The summed E-state index contributed by atoms with van der Waals surface area (Å²) >= 11 is 0. The van der Waals surface area contributed by atoms with Crippen molar-refractivity contribution in [2.24, 2.45) is 0 Å². The van der Waals surface area contributed by atoms with Crippen molar-refractivity contribution in [1.29, 1.82) is 0 Å². The molecule has 3 nitrogen and oxygen atoms in total. The van der Waals surface area contributed by atoms with E-state index in [1.807, 2.05) is 6.26 Å². The monoisotopic (exact) mass is 84.0 g/mol. The lowest BCUT2D eigenvalue weighted by molar-refractivity contribution is -0.116. The quantitative estimate of drug-likeness (QED) is 0.381. The van der Waals surface area contributed by atoms with Crippen LogP contribution in [-0.2, 0) is 9.53 Å². The molecule has 0 saturated carbocycles. The number of nitrogens with zero attached hydrogens (tertiary/aromatic N) is 1. The van der Waals surface area contributed by atoms with Crippen LogP contribution in [0.3, 0.4) is 0 Å². The van der Waals surface area contributed by atoms with Gasteiger partial charge in [-0.2, -0.15) is 4.79 Å². The smallest absolute Gasteiger partial charge is 0.375 e. The van der Waals surface area contributed by atoms with Gasteiger partial charge >= 0.3 is 12.2 Å². The minimum atomic E-state index is -0.255. The van der Waals surface area contributed by atoms with Gasteiger partial charge in [-0.3, -0.25) is 0 Å². The van der Waals surface area contributed by atoms with E-state index in [1.54, 1.807) is 0 Å². The molecular weight excluding hydrogens is 82.0 g/mol. The van der Waals surface area contributed by atoms with Gasteiger partial charge in [0.15, 0.2) is 0 Å². The Morgan fingerprint density at radius 3 is 3.00 bits per heavy atom. The molecule has 0 saturated heterocycles. The fraction of sp³-hybridized carbons (Fsp3) is 0.333. The molecule has 0 radical (unpaired) electrons. The maximum atomic E-state index is 9.89.